The number of hydrogen-bond donors (Lipinski definition) is 1. The number of nitrogens with zero attached hydrogens (tertiary/aromatic N) is 6. The number of aromatic nitrogens is 4. The van der Waals surface area contributed by atoms with Gasteiger partial charge in [-0.3, -0.25) is 0 Å². The van der Waals surface area contributed by atoms with Crippen molar-refractivity contribution in [3.8, 4) is 29.1 Å². The van der Waals surface area contributed by atoms with E-state index in [0.29, 0.717) is 35.1 Å². The molecule has 154 valence electrons. The van der Waals surface area contributed by atoms with Gasteiger partial charge < -0.3 is 15.4 Å². The molecule has 30 heavy (non-hydrogen) atoms. The maximum Gasteiger partial charge on any atom is 0.219 e. The Hall–Kier alpha value is -3.44. The lowest BCUT2D eigenvalue weighted by molar-refractivity contribution is 0.432. The molecule has 1 fully saturated rings. The average Bonchev–Trinajstić information content (AvgIpc) is 3.50. The first-order chi connectivity index (χ1) is 14.6. The Morgan fingerprint density at radius 3 is 2.70 bits per heavy atom. The van der Waals surface area contributed by atoms with Crippen molar-refractivity contribution in [2.75, 3.05) is 25.0 Å². The van der Waals surface area contributed by atoms with Crippen LogP contribution in [-0.2, 0) is 13.5 Å². The van der Waals surface area contributed by atoms with Crippen LogP contribution in [0.4, 0.5) is 5.82 Å². The molecule has 0 saturated heterocycles. The van der Waals surface area contributed by atoms with Crippen molar-refractivity contribution in [1.82, 2.24) is 19.7 Å². The monoisotopic (exact) mass is 403 g/mol. The lowest BCUT2D eigenvalue weighted by Gasteiger charge is -2.14. The van der Waals surface area contributed by atoms with E-state index in [1.807, 2.05) is 26.2 Å². The molecule has 0 atom stereocenters. The van der Waals surface area contributed by atoms with Gasteiger partial charge in [-0.1, -0.05) is 0 Å². The third kappa shape index (κ3) is 4.42. The number of rotatable bonds is 8. The number of anilines is 1. The minimum Gasteiger partial charge on any atom is -0.438 e. The summed E-state index contributed by atoms with van der Waals surface area (Å²) in [6.45, 7) is 1.54. The van der Waals surface area contributed by atoms with Crippen LogP contribution in [0.15, 0.2) is 36.7 Å². The predicted octanol–water partition coefficient (Wildman–Crippen LogP) is 2.89. The van der Waals surface area contributed by atoms with E-state index in [0.717, 1.165) is 30.3 Å². The fourth-order valence-electron chi connectivity index (χ4n) is 3.26. The van der Waals surface area contributed by atoms with Crippen LogP contribution in [0.1, 0.15) is 24.0 Å². The predicted molar refractivity (Wildman–Crippen MR) is 114 cm³/mol. The Bertz CT molecular complexity index is 1060. The molecule has 0 aliphatic heterocycles. The standard InChI is InChI=1S/C22H25N7O/c1-28(14-15-3-4-15)20-10-21(29(2)27-20)30-19-9-16(11-24)5-6-18(19)22-25-12-17(7-8-23)13-26-22/h5-6,9-10,12-13,15H,3-4,7-8,14,23H2,1-2H3. The summed E-state index contributed by atoms with van der Waals surface area (Å²) in [6.07, 6.45) is 6.84. The topological polar surface area (TPSA) is 106 Å². The van der Waals surface area contributed by atoms with E-state index in [2.05, 4.69) is 26.0 Å². The number of nitrogens with two attached hydrogens (primary N) is 1. The molecule has 2 heterocycles. The second kappa shape index (κ2) is 8.51. The second-order valence-corrected chi connectivity index (χ2v) is 7.67. The van der Waals surface area contributed by atoms with Crippen LogP contribution in [0.5, 0.6) is 11.6 Å². The van der Waals surface area contributed by atoms with Crippen molar-refractivity contribution in [3.63, 3.8) is 0 Å². The summed E-state index contributed by atoms with van der Waals surface area (Å²) in [5.41, 5.74) is 7.79. The minimum absolute atomic E-state index is 0.502. The highest BCUT2D eigenvalue weighted by Gasteiger charge is 2.24. The van der Waals surface area contributed by atoms with Gasteiger partial charge in [-0.25, -0.2) is 14.6 Å². The van der Waals surface area contributed by atoms with Crippen LogP contribution in [0.25, 0.3) is 11.4 Å². The Balaban J connectivity index is 1.63. The van der Waals surface area contributed by atoms with Crippen molar-refractivity contribution < 1.29 is 4.74 Å². The van der Waals surface area contributed by atoms with Crippen LogP contribution in [-0.4, -0.2) is 39.9 Å². The maximum atomic E-state index is 9.33. The highest BCUT2D eigenvalue weighted by molar-refractivity contribution is 5.66. The van der Waals surface area contributed by atoms with Crippen molar-refractivity contribution >= 4 is 5.82 Å². The van der Waals surface area contributed by atoms with E-state index < -0.39 is 0 Å². The van der Waals surface area contributed by atoms with Crippen molar-refractivity contribution in [3.05, 3.63) is 47.8 Å². The van der Waals surface area contributed by atoms with Crippen molar-refractivity contribution in [1.29, 1.82) is 5.26 Å². The van der Waals surface area contributed by atoms with Crippen LogP contribution < -0.4 is 15.4 Å². The average molecular weight is 403 g/mol. The normalized spacial score (nSPS) is 13.1. The van der Waals surface area contributed by atoms with Gasteiger partial charge in [0.25, 0.3) is 0 Å². The fourth-order valence-corrected chi connectivity index (χ4v) is 3.26. The molecule has 0 spiro atoms. The van der Waals surface area contributed by atoms with Gasteiger partial charge in [0, 0.05) is 39.1 Å². The first kappa shape index (κ1) is 19.9. The zero-order valence-corrected chi connectivity index (χ0v) is 17.2. The summed E-state index contributed by atoms with van der Waals surface area (Å²) in [5.74, 6) is 3.26. The zero-order valence-electron chi connectivity index (χ0n) is 17.2. The van der Waals surface area contributed by atoms with Gasteiger partial charge in [-0.15, -0.1) is 0 Å². The summed E-state index contributed by atoms with van der Waals surface area (Å²) in [6, 6.07) is 9.31. The van der Waals surface area contributed by atoms with Crippen LogP contribution >= 0.6 is 0 Å². The number of nitriles is 1. The molecule has 8 nitrogen and oxygen atoms in total. The Labute approximate surface area is 175 Å². The Morgan fingerprint density at radius 2 is 2.03 bits per heavy atom. The van der Waals surface area contributed by atoms with Crippen molar-refractivity contribution in [2.24, 2.45) is 18.7 Å². The zero-order chi connectivity index (χ0) is 21.1. The number of benzene rings is 1. The number of aryl methyl sites for hydroxylation is 1. The highest BCUT2D eigenvalue weighted by Crippen LogP contribution is 2.35. The summed E-state index contributed by atoms with van der Waals surface area (Å²) in [5, 5.41) is 13.9. The first-order valence-electron chi connectivity index (χ1n) is 10.1. The third-order valence-electron chi connectivity index (χ3n) is 5.15. The Kier molecular flexibility index (Phi) is 5.63. The van der Waals surface area contributed by atoms with Crippen LogP contribution in [0, 0.1) is 17.2 Å². The highest BCUT2D eigenvalue weighted by atomic mass is 16.5. The molecular formula is C22H25N7O. The molecule has 0 amide bonds. The molecule has 0 bridgehead atoms. The van der Waals surface area contributed by atoms with Gasteiger partial charge in [0.05, 0.1) is 17.2 Å². The molecule has 1 aliphatic rings. The molecule has 0 radical (unpaired) electrons. The van der Waals surface area contributed by atoms with E-state index in [-0.39, 0.29) is 0 Å². The van der Waals surface area contributed by atoms with E-state index in [1.54, 1.807) is 29.2 Å². The Morgan fingerprint density at radius 1 is 1.27 bits per heavy atom. The van der Waals surface area contributed by atoms with Crippen molar-refractivity contribution in [2.45, 2.75) is 19.3 Å². The van der Waals surface area contributed by atoms with Gasteiger partial charge in [-0.05, 0) is 55.5 Å². The largest absolute Gasteiger partial charge is 0.438 e. The minimum atomic E-state index is 0.502. The van der Waals surface area contributed by atoms with Gasteiger partial charge in [0.2, 0.25) is 5.88 Å². The second-order valence-electron chi connectivity index (χ2n) is 7.67. The molecule has 1 saturated carbocycles. The summed E-state index contributed by atoms with van der Waals surface area (Å²) in [7, 11) is 3.89. The number of ether oxygens (including phenoxy) is 1. The molecule has 8 heteroatoms. The first-order valence-corrected chi connectivity index (χ1v) is 10.1. The SMILES string of the molecule is CN(CC1CC1)c1cc(Oc2cc(C#N)ccc2-c2ncc(CCN)cn2)n(C)n1. The van der Waals surface area contributed by atoms with Crippen LogP contribution in [0.3, 0.4) is 0 Å². The number of hydrogen-bond acceptors (Lipinski definition) is 7. The van der Waals surface area contributed by atoms with Gasteiger partial charge in [0.1, 0.15) is 5.75 Å². The summed E-state index contributed by atoms with van der Waals surface area (Å²) < 4.78 is 7.89. The molecule has 0 unspecified atom stereocenters. The van der Waals surface area contributed by atoms with E-state index in [4.69, 9.17) is 10.5 Å². The fraction of sp³-hybridized carbons (Fsp3) is 0.364. The molecule has 2 aromatic heterocycles. The molecule has 1 aliphatic carbocycles. The quantitative estimate of drug-likeness (QED) is 0.616. The van der Waals surface area contributed by atoms with Gasteiger partial charge in [0.15, 0.2) is 11.6 Å². The summed E-state index contributed by atoms with van der Waals surface area (Å²) in [4.78, 5) is 11.1. The van der Waals surface area contributed by atoms with E-state index in [9.17, 15) is 5.26 Å². The molecule has 3 aromatic rings. The lowest BCUT2D eigenvalue weighted by atomic mass is 10.1. The lowest BCUT2D eigenvalue weighted by Crippen LogP contribution is -2.20. The maximum absolute atomic E-state index is 9.33. The summed E-state index contributed by atoms with van der Waals surface area (Å²) >= 11 is 0. The van der Waals surface area contributed by atoms with Gasteiger partial charge in [-0.2, -0.15) is 10.4 Å². The van der Waals surface area contributed by atoms with E-state index in [1.165, 1.54) is 12.8 Å². The third-order valence-corrected chi connectivity index (χ3v) is 5.15. The molecule has 1 aromatic carbocycles. The molecular weight excluding hydrogens is 378 g/mol. The molecule has 2 N–H and O–H groups in total. The van der Waals surface area contributed by atoms with Gasteiger partial charge >= 0.3 is 0 Å². The van der Waals surface area contributed by atoms with Crippen LogP contribution in [0.2, 0.25) is 0 Å². The van der Waals surface area contributed by atoms with E-state index >= 15 is 0 Å². The molecule has 4 rings (SSSR count). The smallest absolute Gasteiger partial charge is 0.219 e.